The van der Waals surface area contributed by atoms with Crippen LogP contribution < -0.4 is 0 Å². The molecular formula is C6H11N3O5. The van der Waals surface area contributed by atoms with Gasteiger partial charge in [-0.3, -0.25) is 0 Å². The third-order valence-corrected chi connectivity index (χ3v) is 1.61. The number of azide groups is 1. The number of nitrogens with zero attached hydrogens (tertiary/aromatic N) is 3. The highest BCUT2D eigenvalue weighted by molar-refractivity contribution is 5.59. The molecule has 0 amide bonds. The second kappa shape index (κ2) is 6.30. The molecule has 0 rings (SSSR count). The summed E-state index contributed by atoms with van der Waals surface area (Å²) in [6.07, 6.45) is -4.95. The van der Waals surface area contributed by atoms with Crippen LogP contribution in [-0.4, -0.2) is 57.7 Å². The quantitative estimate of drug-likeness (QED) is 0.170. The Morgan fingerprint density at radius 1 is 1.36 bits per heavy atom. The fourth-order valence-corrected chi connectivity index (χ4v) is 0.773. The van der Waals surface area contributed by atoms with Crippen LogP contribution in [-0.2, 0) is 4.79 Å². The van der Waals surface area contributed by atoms with Gasteiger partial charge in [-0.25, -0.2) is 0 Å². The maximum absolute atomic E-state index is 10.3. The van der Waals surface area contributed by atoms with E-state index < -0.39 is 31.0 Å². The largest absolute Gasteiger partial charge is 0.394 e. The van der Waals surface area contributed by atoms with Crippen molar-refractivity contribution in [1.82, 2.24) is 0 Å². The van der Waals surface area contributed by atoms with Crippen LogP contribution in [0.2, 0.25) is 0 Å². The lowest BCUT2D eigenvalue weighted by atomic mass is 10.0. The lowest BCUT2D eigenvalue weighted by Crippen LogP contribution is -2.45. The Balaban J connectivity index is 4.47. The molecule has 0 aromatic heterocycles. The zero-order valence-corrected chi connectivity index (χ0v) is 7.13. The summed E-state index contributed by atoms with van der Waals surface area (Å²) in [7, 11) is 0. The highest BCUT2D eigenvalue weighted by atomic mass is 16.4. The Morgan fingerprint density at radius 3 is 2.29 bits per heavy atom. The molecule has 4 N–H and O–H groups in total. The van der Waals surface area contributed by atoms with E-state index in [1.54, 1.807) is 0 Å². The van der Waals surface area contributed by atoms with Gasteiger partial charge in [0.15, 0.2) is 0 Å². The van der Waals surface area contributed by atoms with Gasteiger partial charge in [0.05, 0.1) is 12.7 Å². The summed E-state index contributed by atoms with van der Waals surface area (Å²) in [6.45, 7) is -0.778. The van der Waals surface area contributed by atoms with Crippen LogP contribution in [0, 0.1) is 0 Å². The molecule has 0 heterocycles. The molecule has 4 atom stereocenters. The number of hydrogen-bond acceptors (Lipinski definition) is 6. The van der Waals surface area contributed by atoms with Gasteiger partial charge in [-0.2, -0.15) is 0 Å². The van der Waals surface area contributed by atoms with E-state index in [9.17, 15) is 9.90 Å². The summed E-state index contributed by atoms with van der Waals surface area (Å²) in [5, 5.41) is 38.5. The molecule has 0 fully saturated rings. The molecule has 80 valence electrons. The first-order chi connectivity index (χ1) is 6.58. The van der Waals surface area contributed by atoms with Crippen LogP contribution in [0.1, 0.15) is 0 Å². The Bertz CT molecular complexity index is 230. The van der Waals surface area contributed by atoms with Gasteiger partial charge in [-0.05, 0) is 5.53 Å². The van der Waals surface area contributed by atoms with Gasteiger partial charge in [0.1, 0.15) is 24.5 Å². The maximum atomic E-state index is 10.3. The van der Waals surface area contributed by atoms with Crippen LogP contribution in [0.15, 0.2) is 5.11 Å². The molecule has 0 aromatic carbocycles. The highest BCUT2D eigenvalue weighted by Gasteiger charge is 2.30. The van der Waals surface area contributed by atoms with Crippen molar-refractivity contribution in [3.8, 4) is 0 Å². The Hall–Kier alpha value is -1.18. The molecule has 0 bridgehead atoms. The molecule has 0 saturated carbocycles. The van der Waals surface area contributed by atoms with E-state index in [0.717, 1.165) is 0 Å². The minimum Gasteiger partial charge on any atom is -0.394 e. The molecule has 8 heteroatoms. The summed E-state index contributed by atoms with van der Waals surface area (Å²) in [5.41, 5.74) is 7.99. The van der Waals surface area contributed by atoms with Crippen molar-refractivity contribution >= 4 is 6.29 Å². The van der Waals surface area contributed by atoms with E-state index in [-0.39, 0.29) is 6.29 Å². The maximum Gasteiger partial charge on any atom is 0.131 e. The number of aliphatic hydroxyl groups excluding tert-OH is 4. The zero-order valence-electron chi connectivity index (χ0n) is 7.13. The lowest BCUT2D eigenvalue weighted by molar-refractivity contribution is -0.118. The highest BCUT2D eigenvalue weighted by Crippen LogP contribution is 2.06. The first-order valence-electron chi connectivity index (χ1n) is 3.73. The van der Waals surface area contributed by atoms with Crippen molar-refractivity contribution in [3.05, 3.63) is 10.4 Å². The van der Waals surface area contributed by atoms with Crippen LogP contribution in [0.3, 0.4) is 0 Å². The zero-order chi connectivity index (χ0) is 11.1. The predicted octanol–water partition coefficient (Wildman–Crippen LogP) is -2.06. The van der Waals surface area contributed by atoms with Crippen LogP contribution in [0.25, 0.3) is 10.4 Å². The van der Waals surface area contributed by atoms with Crippen molar-refractivity contribution in [3.63, 3.8) is 0 Å². The summed E-state index contributed by atoms with van der Waals surface area (Å²) in [4.78, 5) is 12.5. The van der Waals surface area contributed by atoms with E-state index in [0.29, 0.717) is 0 Å². The van der Waals surface area contributed by atoms with Crippen molar-refractivity contribution in [1.29, 1.82) is 0 Å². The number of carbonyl (C=O) groups is 1. The molecule has 0 radical (unpaired) electrons. The van der Waals surface area contributed by atoms with Gasteiger partial charge >= 0.3 is 0 Å². The molecule has 14 heavy (non-hydrogen) atoms. The molecular weight excluding hydrogens is 194 g/mol. The summed E-state index contributed by atoms with van der Waals surface area (Å²) < 4.78 is 0. The summed E-state index contributed by atoms with van der Waals surface area (Å²) >= 11 is 0. The molecule has 0 aromatic rings. The van der Waals surface area contributed by atoms with E-state index in [2.05, 4.69) is 10.0 Å². The molecule has 0 aliphatic rings. The Kier molecular flexibility index (Phi) is 5.77. The van der Waals surface area contributed by atoms with Gasteiger partial charge in [0.2, 0.25) is 0 Å². The van der Waals surface area contributed by atoms with Gasteiger partial charge in [0.25, 0.3) is 0 Å². The lowest BCUT2D eigenvalue weighted by Gasteiger charge is -2.22. The van der Waals surface area contributed by atoms with E-state index in [1.807, 2.05) is 0 Å². The van der Waals surface area contributed by atoms with Crippen LogP contribution >= 0.6 is 0 Å². The summed E-state index contributed by atoms with van der Waals surface area (Å²) in [5.74, 6) is 0. The number of carbonyl (C=O) groups excluding carboxylic acids is 1. The van der Waals surface area contributed by atoms with Crippen LogP contribution in [0.4, 0.5) is 0 Å². The Morgan fingerprint density at radius 2 is 1.93 bits per heavy atom. The topological polar surface area (TPSA) is 147 Å². The first-order valence-corrected chi connectivity index (χ1v) is 3.73. The number of rotatable bonds is 6. The van der Waals surface area contributed by atoms with Crippen molar-refractivity contribution < 1.29 is 25.2 Å². The number of aldehydes is 1. The molecule has 0 saturated heterocycles. The van der Waals surface area contributed by atoms with Gasteiger partial charge in [-0.1, -0.05) is 5.11 Å². The normalized spacial score (nSPS) is 18.9. The SMILES string of the molecule is [N-]=[N+]=N[C@H](C=O)[C@@H](O)[C@H](O)[C@H](O)CO. The van der Waals surface area contributed by atoms with Crippen molar-refractivity contribution in [2.75, 3.05) is 6.61 Å². The van der Waals surface area contributed by atoms with Gasteiger partial charge in [-0.15, -0.1) is 0 Å². The fraction of sp³-hybridized carbons (Fsp3) is 0.833. The standard InChI is InChI=1S/C6H11N3O5/c7-9-8-3(1-10)5(13)6(14)4(12)2-11/h1,3-6,11-14H,2H2/t3-,4-,5-,6-/m1/s1. The minimum atomic E-state index is -1.75. The van der Waals surface area contributed by atoms with E-state index in [4.69, 9.17) is 20.9 Å². The third-order valence-electron chi connectivity index (χ3n) is 1.61. The molecule has 0 aliphatic heterocycles. The molecule has 0 spiro atoms. The second-order valence-electron chi connectivity index (χ2n) is 2.56. The van der Waals surface area contributed by atoms with Gasteiger partial charge in [0, 0.05) is 4.91 Å². The fourth-order valence-electron chi connectivity index (χ4n) is 0.773. The molecule has 8 nitrogen and oxygen atoms in total. The average molecular weight is 205 g/mol. The average Bonchev–Trinajstić information content (AvgIpc) is 2.22. The van der Waals surface area contributed by atoms with Crippen molar-refractivity contribution in [2.24, 2.45) is 5.11 Å². The second-order valence-corrected chi connectivity index (χ2v) is 2.56. The number of hydrogen-bond donors (Lipinski definition) is 4. The van der Waals surface area contributed by atoms with E-state index in [1.165, 1.54) is 0 Å². The van der Waals surface area contributed by atoms with Gasteiger partial charge < -0.3 is 25.2 Å². The predicted molar refractivity (Wildman–Crippen MR) is 44.1 cm³/mol. The smallest absolute Gasteiger partial charge is 0.131 e. The molecule has 0 unspecified atom stereocenters. The minimum absolute atomic E-state index is 0.137. The van der Waals surface area contributed by atoms with E-state index >= 15 is 0 Å². The van der Waals surface area contributed by atoms with Crippen LogP contribution in [0.5, 0.6) is 0 Å². The third kappa shape index (κ3) is 3.29. The first kappa shape index (κ1) is 12.8. The summed E-state index contributed by atoms with van der Waals surface area (Å²) in [6, 6.07) is -1.49. The molecule has 0 aliphatic carbocycles. The van der Waals surface area contributed by atoms with Crippen molar-refractivity contribution in [2.45, 2.75) is 24.4 Å². The Labute approximate surface area is 79.0 Å². The number of aliphatic hydroxyl groups is 4. The monoisotopic (exact) mass is 205 g/mol.